The van der Waals surface area contributed by atoms with Crippen LogP contribution in [-0.2, 0) is 4.74 Å². The largest absolute Gasteiger partial charge is 0.378 e. The third-order valence-corrected chi connectivity index (χ3v) is 4.57. The Morgan fingerprint density at radius 3 is 2.60 bits per heavy atom. The highest BCUT2D eigenvalue weighted by atomic mass is 16.5. The maximum Gasteiger partial charge on any atom is 0.315 e. The summed E-state index contributed by atoms with van der Waals surface area (Å²) in [5.74, 6) is 0. The van der Waals surface area contributed by atoms with Gasteiger partial charge in [-0.05, 0) is 38.9 Å². The number of nitrogens with zero attached hydrogens (tertiary/aromatic N) is 1. The van der Waals surface area contributed by atoms with Crippen LogP contribution in [-0.4, -0.2) is 50.8 Å². The molecule has 1 aromatic carbocycles. The summed E-state index contributed by atoms with van der Waals surface area (Å²) in [6, 6.07) is 9.95. The fourth-order valence-electron chi connectivity index (χ4n) is 3.25. The number of benzene rings is 1. The average molecular weight is 348 g/mol. The topological polar surface area (TPSA) is 53.6 Å². The summed E-state index contributed by atoms with van der Waals surface area (Å²) in [7, 11) is 4.02. The highest BCUT2D eigenvalue weighted by Crippen LogP contribution is 2.20. The van der Waals surface area contributed by atoms with Crippen LogP contribution in [0.15, 0.2) is 30.3 Å². The van der Waals surface area contributed by atoms with Crippen LogP contribution in [0.5, 0.6) is 0 Å². The molecule has 0 bridgehead atoms. The normalized spacial score (nSPS) is 16.6. The quantitative estimate of drug-likeness (QED) is 0.674. The number of carbonyl (C=O) groups is 1. The molecule has 1 atom stereocenters. The van der Waals surface area contributed by atoms with Crippen LogP contribution in [0.3, 0.4) is 0 Å². The molecular weight excluding hydrogens is 314 g/mol. The molecule has 0 saturated heterocycles. The van der Waals surface area contributed by atoms with Crippen LogP contribution in [0.25, 0.3) is 0 Å². The van der Waals surface area contributed by atoms with Crippen LogP contribution in [0.2, 0.25) is 0 Å². The fraction of sp³-hybridized carbons (Fsp3) is 0.650. The zero-order valence-electron chi connectivity index (χ0n) is 15.7. The van der Waals surface area contributed by atoms with Crippen molar-refractivity contribution in [1.29, 1.82) is 0 Å². The van der Waals surface area contributed by atoms with Gasteiger partial charge in [0, 0.05) is 19.7 Å². The Kier molecular flexibility index (Phi) is 8.77. The second-order valence-corrected chi connectivity index (χ2v) is 7.11. The smallest absolute Gasteiger partial charge is 0.315 e. The summed E-state index contributed by atoms with van der Waals surface area (Å²) in [6.07, 6.45) is 7.60. The van der Waals surface area contributed by atoms with Crippen LogP contribution >= 0.6 is 0 Å². The van der Waals surface area contributed by atoms with E-state index >= 15 is 0 Å². The molecule has 1 fully saturated rings. The van der Waals surface area contributed by atoms with E-state index in [0.717, 1.165) is 25.1 Å². The number of amides is 2. The standard InChI is InChI=1S/C20H33N3O2/c1-23(2)16-19(17-10-5-3-6-11-17)22-20(24)21-14-9-15-25-18-12-7-4-8-13-18/h3,5-6,10-11,18-19H,4,7-9,12-16H2,1-2H3,(H2,21,22,24). The highest BCUT2D eigenvalue weighted by Gasteiger charge is 2.15. The van der Waals surface area contributed by atoms with Gasteiger partial charge in [0.15, 0.2) is 0 Å². The lowest BCUT2D eigenvalue weighted by Gasteiger charge is -2.23. The number of urea groups is 1. The first-order valence-corrected chi connectivity index (χ1v) is 9.51. The molecule has 1 unspecified atom stereocenters. The summed E-state index contributed by atoms with van der Waals surface area (Å²) >= 11 is 0. The Morgan fingerprint density at radius 2 is 1.92 bits per heavy atom. The Hall–Kier alpha value is -1.59. The van der Waals surface area contributed by atoms with Crippen molar-refractivity contribution in [1.82, 2.24) is 15.5 Å². The summed E-state index contributed by atoms with van der Waals surface area (Å²) in [5, 5.41) is 6.02. The van der Waals surface area contributed by atoms with Gasteiger partial charge < -0.3 is 20.3 Å². The lowest BCUT2D eigenvalue weighted by atomic mass is 9.98. The molecule has 2 rings (SSSR count). The zero-order chi connectivity index (χ0) is 17.9. The van der Waals surface area contributed by atoms with Gasteiger partial charge in [-0.2, -0.15) is 0 Å². The molecule has 0 radical (unpaired) electrons. The predicted molar refractivity (Wildman–Crippen MR) is 102 cm³/mol. The van der Waals surface area contributed by atoms with Crippen molar-refractivity contribution in [3.63, 3.8) is 0 Å². The van der Waals surface area contributed by atoms with E-state index in [-0.39, 0.29) is 12.1 Å². The third kappa shape index (κ3) is 7.88. The number of hydrogen-bond acceptors (Lipinski definition) is 3. The second-order valence-electron chi connectivity index (χ2n) is 7.11. The number of likely N-dealkylation sites (N-methyl/N-ethyl adjacent to an activating group) is 1. The minimum atomic E-state index is -0.117. The molecule has 2 N–H and O–H groups in total. The van der Waals surface area contributed by atoms with Crippen molar-refractivity contribution in [2.75, 3.05) is 33.8 Å². The Balaban J connectivity index is 1.66. The summed E-state index contributed by atoms with van der Waals surface area (Å²) in [5.41, 5.74) is 1.12. The predicted octanol–water partition coefficient (Wildman–Crippen LogP) is 3.33. The molecule has 25 heavy (non-hydrogen) atoms. The fourth-order valence-corrected chi connectivity index (χ4v) is 3.25. The van der Waals surface area contributed by atoms with Crippen molar-refractivity contribution in [3.05, 3.63) is 35.9 Å². The van der Waals surface area contributed by atoms with E-state index in [2.05, 4.69) is 15.5 Å². The van der Waals surface area contributed by atoms with Gasteiger partial charge in [0.2, 0.25) is 0 Å². The molecule has 5 heteroatoms. The van der Waals surface area contributed by atoms with E-state index in [4.69, 9.17) is 4.74 Å². The number of hydrogen-bond donors (Lipinski definition) is 2. The molecule has 140 valence electrons. The van der Waals surface area contributed by atoms with E-state index < -0.39 is 0 Å². The first-order chi connectivity index (χ1) is 12.1. The maximum atomic E-state index is 12.2. The molecule has 1 saturated carbocycles. The van der Waals surface area contributed by atoms with Gasteiger partial charge in [-0.25, -0.2) is 4.79 Å². The number of carbonyl (C=O) groups excluding carboxylic acids is 1. The van der Waals surface area contributed by atoms with E-state index in [0.29, 0.717) is 12.6 Å². The Morgan fingerprint density at radius 1 is 1.20 bits per heavy atom. The zero-order valence-corrected chi connectivity index (χ0v) is 15.7. The maximum absolute atomic E-state index is 12.2. The molecule has 1 aromatic rings. The summed E-state index contributed by atoms with van der Waals surface area (Å²) in [4.78, 5) is 14.3. The first-order valence-electron chi connectivity index (χ1n) is 9.51. The SMILES string of the molecule is CN(C)CC(NC(=O)NCCCOC1CCCCC1)c1ccccc1. The number of nitrogens with one attached hydrogen (secondary N) is 2. The van der Waals surface area contributed by atoms with Crippen molar-refractivity contribution >= 4 is 6.03 Å². The Bertz CT molecular complexity index is 487. The minimum Gasteiger partial charge on any atom is -0.378 e. The van der Waals surface area contributed by atoms with Crippen molar-refractivity contribution in [2.24, 2.45) is 0 Å². The monoisotopic (exact) mass is 347 g/mol. The first kappa shape index (κ1) is 19.7. The Labute approximate surface area is 152 Å². The van der Waals surface area contributed by atoms with Crippen molar-refractivity contribution < 1.29 is 9.53 Å². The van der Waals surface area contributed by atoms with Crippen molar-refractivity contribution in [3.8, 4) is 0 Å². The van der Waals surface area contributed by atoms with Gasteiger partial charge in [-0.15, -0.1) is 0 Å². The van der Waals surface area contributed by atoms with E-state index in [1.807, 2.05) is 44.4 Å². The minimum absolute atomic E-state index is 0.0188. The molecule has 0 spiro atoms. The van der Waals surface area contributed by atoms with Gasteiger partial charge in [0.25, 0.3) is 0 Å². The van der Waals surface area contributed by atoms with Gasteiger partial charge in [0.1, 0.15) is 0 Å². The molecule has 2 amide bonds. The van der Waals surface area contributed by atoms with Crippen LogP contribution in [0.4, 0.5) is 4.79 Å². The van der Waals surface area contributed by atoms with Gasteiger partial charge in [0.05, 0.1) is 12.1 Å². The van der Waals surface area contributed by atoms with E-state index in [1.54, 1.807) is 0 Å². The van der Waals surface area contributed by atoms with E-state index in [9.17, 15) is 4.79 Å². The molecule has 1 aliphatic rings. The van der Waals surface area contributed by atoms with Gasteiger partial charge in [-0.1, -0.05) is 49.6 Å². The van der Waals surface area contributed by atoms with Crippen molar-refractivity contribution in [2.45, 2.75) is 50.7 Å². The molecule has 0 heterocycles. The number of rotatable bonds is 9. The van der Waals surface area contributed by atoms with Crippen LogP contribution in [0.1, 0.15) is 50.1 Å². The highest BCUT2D eigenvalue weighted by molar-refractivity contribution is 5.74. The summed E-state index contributed by atoms with van der Waals surface area (Å²) < 4.78 is 5.89. The molecule has 0 aliphatic heterocycles. The number of ether oxygens (including phenoxy) is 1. The molecule has 1 aliphatic carbocycles. The van der Waals surface area contributed by atoms with E-state index in [1.165, 1.54) is 32.1 Å². The molecular formula is C20H33N3O2. The lowest BCUT2D eigenvalue weighted by molar-refractivity contribution is 0.0275. The second kappa shape index (κ2) is 11.1. The summed E-state index contributed by atoms with van der Waals surface area (Å²) in [6.45, 7) is 2.13. The van der Waals surface area contributed by atoms with Gasteiger partial charge in [-0.3, -0.25) is 0 Å². The molecule has 5 nitrogen and oxygen atoms in total. The van der Waals surface area contributed by atoms with Crippen LogP contribution < -0.4 is 10.6 Å². The van der Waals surface area contributed by atoms with Gasteiger partial charge >= 0.3 is 6.03 Å². The van der Waals surface area contributed by atoms with Crippen LogP contribution in [0, 0.1) is 0 Å². The third-order valence-electron chi connectivity index (χ3n) is 4.57. The lowest BCUT2D eigenvalue weighted by Crippen LogP contribution is -2.41. The molecule has 0 aromatic heterocycles. The average Bonchev–Trinajstić information content (AvgIpc) is 2.62.